The van der Waals surface area contributed by atoms with Crippen molar-refractivity contribution >= 4 is 38.9 Å². The Morgan fingerprint density at radius 3 is 2.38 bits per heavy atom. The van der Waals surface area contributed by atoms with E-state index in [1.54, 1.807) is 43.3 Å². The van der Waals surface area contributed by atoms with E-state index >= 15 is 0 Å². The van der Waals surface area contributed by atoms with E-state index in [1.807, 2.05) is 0 Å². The number of hydrogen-bond acceptors (Lipinski definition) is 5. The van der Waals surface area contributed by atoms with Crippen molar-refractivity contribution in [2.75, 3.05) is 17.9 Å². The molecule has 0 saturated carbocycles. The highest BCUT2D eigenvalue weighted by Gasteiger charge is 2.23. The van der Waals surface area contributed by atoms with Crippen LogP contribution in [-0.2, 0) is 10.0 Å². The van der Waals surface area contributed by atoms with Crippen LogP contribution in [0.2, 0.25) is 10.0 Å². The third-order valence-corrected chi connectivity index (χ3v) is 7.00. The Morgan fingerprint density at radius 1 is 1.00 bits per heavy atom. The number of aryl methyl sites for hydroxylation is 1. The minimum atomic E-state index is -3.91. The molecular weight excluding hydrogens is 471 g/mol. The fourth-order valence-electron chi connectivity index (χ4n) is 3.41. The number of nitrogens with one attached hydrogen (secondary N) is 1. The molecule has 32 heavy (non-hydrogen) atoms. The Labute approximate surface area is 196 Å². The van der Waals surface area contributed by atoms with E-state index in [0.29, 0.717) is 46.5 Å². The van der Waals surface area contributed by atoms with Crippen LogP contribution in [0.5, 0.6) is 11.5 Å². The lowest BCUT2D eigenvalue weighted by atomic mass is 9.91. The number of halogens is 2. The molecule has 3 aromatic carbocycles. The van der Waals surface area contributed by atoms with Gasteiger partial charge >= 0.3 is 0 Å². The fraction of sp³-hybridized carbons (Fsp3) is 0.174. The summed E-state index contributed by atoms with van der Waals surface area (Å²) in [6.45, 7) is 2.52. The zero-order valence-electron chi connectivity index (χ0n) is 16.9. The molecule has 0 aliphatic carbocycles. The minimum Gasteiger partial charge on any atom is -0.486 e. The van der Waals surface area contributed by atoms with Crippen LogP contribution in [0.4, 0.5) is 5.69 Å². The Bertz CT molecular complexity index is 1320. The molecule has 9 heteroatoms. The summed E-state index contributed by atoms with van der Waals surface area (Å²) in [5, 5.41) is 10.6. The molecule has 4 rings (SSSR count). The molecule has 0 aromatic heterocycles. The van der Waals surface area contributed by atoms with Gasteiger partial charge in [-0.3, -0.25) is 4.72 Å². The molecule has 0 saturated heterocycles. The van der Waals surface area contributed by atoms with Crippen molar-refractivity contribution in [2.24, 2.45) is 0 Å². The van der Waals surface area contributed by atoms with Crippen molar-refractivity contribution in [1.29, 1.82) is 5.26 Å². The van der Waals surface area contributed by atoms with Gasteiger partial charge in [-0.25, -0.2) is 8.42 Å². The standard InChI is InChI=1S/C23H18Cl2N2O4S/c1-14-10-18(19(13-26)15-2-4-16(24)5-3-15)20(25)12-21(14)27-32(28,29)17-6-7-22-23(11-17)31-9-8-30-22/h2-7,10-12,19,27H,8-9H2,1H3/t19-/m1/s1. The monoisotopic (exact) mass is 488 g/mol. The Morgan fingerprint density at radius 2 is 1.69 bits per heavy atom. The molecule has 0 amide bonds. The van der Waals surface area contributed by atoms with Crippen LogP contribution in [0.15, 0.2) is 59.5 Å². The first-order valence-corrected chi connectivity index (χ1v) is 11.9. The zero-order valence-corrected chi connectivity index (χ0v) is 19.3. The summed E-state index contributed by atoms with van der Waals surface area (Å²) in [5.41, 5.74) is 2.26. The van der Waals surface area contributed by atoms with Crippen molar-refractivity contribution in [1.82, 2.24) is 0 Å². The topological polar surface area (TPSA) is 88.4 Å². The Kier molecular flexibility index (Phi) is 6.20. The lowest BCUT2D eigenvalue weighted by Gasteiger charge is -2.19. The van der Waals surface area contributed by atoms with Crippen LogP contribution in [0.25, 0.3) is 0 Å². The fourth-order valence-corrected chi connectivity index (χ4v) is 4.94. The number of rotatable bonds is 5. The first kappa shape index (κ1) is 22.3. The van der Waals surface area contributed by atoms with Crippen molar-refractivity contribution in [2.45, 2.75) is 17.7 Å². The van der Waals surface area contributed by atoms with Crippen molar-refractivity contribution in [3.8, 4) is 17.6 Å². The van der Waals surface area contributed by atoms with Crippen LogP contribution in [0, 0.1) is 18.3 Å². The number of benzene rings is 3. The third kappa shape index (κ3) is 4.49. The van der Waals surface area contributed by atoms with Crippen LogP contribution < -0.4 is 14.2 Å². The van der Waals surface area contributed by atoms with E-state index in [1.165, 1.54) is 18.2 Å². The molecule has 6 nitrogen and oxygen atoms in total. The number of nitriles is 1. The number of sulfonamides is 1. The van der Waals surface area contributed by atoms with Gasteiger partial charge in [-0.1, -0.05) is 41.4 Å². The van der Waals surface area contributed by atoms with Gasteiger partial charge in [0.15, 0.2) is 11.5 Å². The Balaban J connectivity index is 1.64. The predicted molar refractivity (Wildman–Crippen MR) is 123 cm³/mol. The molecule has 1 atom stereocenters. The summed E-state index contributed by atoms with van der Waals surface area (Å²) < 4.78 is 39.4. The molecule has 1 N–H and O–H groups in total. The summed E-state index contributed by atoms with van der Waals surface area (Å²) in [4.78, 5) is 0.0393. The van der Waals surface area contributed by atoms with Crippen molar-refractivity contribution in [3.63, 3.8) is 0 Å². The zero-order chi connectivity index (χ0) is 22.9. The first-order valence-electron chi connectivity index (χ1n) is 9.66. The van der Waals surface area contributed by atoms with Gasteiger partial charge in [-0.15, -0.1) is 0 Å². The van der Waals surface area contributed by atoms with Crippen molar-refractivity contribution in [3.05, 3.63) is 81.3 Å². The smallest absolute Gasteiger partial charge is 0.262 e. The predicted octanol–water partition coefficient (Wildman–Crippen LogP) is 5.53. The summed E-state index contributed by atoms with van der Waals surface area (Å²) in [6, 6.07) is 16.9. The quantitative estimate of drug-likeness (QED) is 0.509. The molecule has 164 valence electrons. The number of ether oxygens (including phenoxy) is 2. The highest BCUT2D eigenvalue weighted by Crippen LogP contribution is 2.36. The summed E-state index contributed by atoms with van der Waals surface area (Å²) in [5.74, 6) is 0.259. The highest BCUT2D eigenvalue weighted by atomic mass is 35.5. The second-order valence-corrected chi connectivity index (χ2v) is 9.74. The molecule has 0 unspecified atom stereocenters. The number of fused-ring (bicyclic) bond motifs is 1. The van der Waals surface area contributed by atoms with Gasteiger partial charge in [0, 0.05) is 16.1 Å². The number of anilines is 1. The second-order valence-electron chi connectivity index (χ2n) is 7.21. The van der Waals surface area contributed by atoms with Crippen molar-refractivity contribution < 1.29 is 17.9 Å². The maximum Gasteiger partial charge on any atom is 0.262 e. The van der Waals surface area contributed by atoms with Gasteiger partial charge in [0.05, 0.1) is 22.6 Å². The van der Waals surface area contributed by atoms with E-state index < -0.39 is 15.9 Å². The first-order chi connectivity index (χ1) is 15.3. The molecule has 0 radical (unpaired) electrons. The van der Waals surface area contributed by atoms with Gasteiger partial charge < -0.3 is 9.47 Å². The minimum absolute atomic E-state index is 0.0393. The van der Waals surface area contributed by atoms with Gasteiger partial charge in [-0.2, -0.15) is 5.26 Å². The molecule has 1 aliphatic heterocycles. The van der Waals surface area contributed by atoms with Crippen LogP contribution >= 0.6 is 23.2 Å². The summed E-state index contributed by atoms with van der Waals surface area (Å²) >= 11 is 12.4. The van der Waals surface area contributed by atoms with Crippen LogP contribution in [0.3, 0.4) is 0 Å². The van der Waals surface area contributed by atoms with Gasteiger partial charge in [0.1, 0.15) is 13.2 Å². The lowest BCUT2D eigenvalue weighted by Crippen LogP contribution is -2.17. The molecular formula is C23H18Cl2N2O4S. The Hall–Kier alpha value is -2.92. The SMILES string of the molecule is Cc1cc([C@H](C#N)c2ccc(Cl)cc2)c(Cl)cc1NS(=O)(=O)c1ccc2c(c1)OCCO2. The van der Waals surface area contributed by atoms with E-state index in [9.17, 15) is 13.7 Å². The van der Waals surface area contributed by atoms with Crippen LogP contribution in [0.1, 0.15) is 22.6 Å². The molecule has 0 fully saturated rings. The number of hydrogen-bond donors (Lipinski definition) is 1. The highest BCUT2D eigenvalue weighted by molar-refractivity contribution is 7.92. The summed E-state index contributed by atoms with van der Waals surface area (Å²) in [6.07, 6.45) is 0. The maximum atomic E-state index is 13.0. The van der Waals surface area contributed by atoms with Gasteiger partial charge in [0.25, 0.3) is 10.0 Å². The summed E-state index contributed by atoms with van der Waals surface area (Å²) in [7, 11) is -3.91. The van der Waals surface area contributed by atoms with Gasteiger partial charge in [0.2, 0.25) is 0 Å². The van der Waals surface area contributed by atoms with Crippen LogP contribution in [-0.4, -0.2) is 21.6 Å². The molecule has 3 aromatic rings. The molecule has 1 heterocycles. The molecule has 0 spiro atoms. The van der Waals surface area contributed by atoms with E-state index in [-0.39, 0.29) is 9.92 Å². The largest absolute Gasteiger partial charge is 0.486 e. The van der Waals surface area contributed by atoms with Gasteiger partial charge in [-0.05, 0) is 53.9 Å². The maximum absolute atomic E-state index is 13.0. The van der Waals surface area contributed by atoms with E-state index in [2.05, 4.69) is 10.8 Å². The molecule has 1 aliphatic rings. The average Bonchev–Trinajstić information content (AvgIpc) is 2.78. The number of nitrogens with zero attached hydrogens (tertiary/aromatic N) is 1. The average molecular weight is 489 g/mol. The lowest BCUT2D eigenvalue weighted by molar-refractivity contribution is 0.171. The third-order valence-electron chi connectivity index (χ3n) is 5.06. The molecule has 0 bridgehead atoms. The van der Waals surface area contributed by atoms with E-state index in [4.69, 9.17) is 32.7 Å². The van der Waals surface area contributed by atoms with E-state index in [0.717, 1.165) is 5.56 Å². The normalized spacial score (nSPS) is 13.8. The second kappa shape index (κ2) is 8.91.